The Morgan fingerprint density at radius 2 is 1.68 bits per heavy atom. The van der Waals surface area contributed by atoms with E-state index in [0.717, 1.165) is 4.47 Å². The first-order valence-electron chi connectivity index (χ1n) is 8.56. The highest BCUT2D eigenvalue weighted by atomic mass is 79.9. The van der Waals surface area contributed by atoms with Crippen LogP contribution < -0.4 is 10.1 Å². The summed E-state index contributed by atoms with van der Waals surface area (Å²) in [5, 5.41) is 3.32. The monoisotopic (exact) mass is 457 g/mol. The van der Waals surface area contributed by atoms with Crippen LogP contribution in [0.4, 0.5) is 5.69 Å². The van der Waals surface area contributed by atoms with Crippen molar-refractivity contribution < 1.29 is 14.3 Å². The second-order valence-electron chi connectivity index (χ2n) is 6.12. The van der Waals surface area contributed by atoms with Gasteiger partial charge >= 0.3 is 0 Å². The van der Waals surface area contributed by atoms with E-state index in [1.165, 1.54) is 0 Å². The van der Waals surface area contributed by atoms with E-state index < -0.39 is 6.10 Å². The van der Waals surface area contributed by atoms with Crippen molar-refractivity contribution >= 4 is 44.9 Å². The molecule has 1 unspecified atom stereocenters. The number of nitrogens with one attached hydrogen (secondary N) is 1. The third-order valence-corrected chi connectivity index (χ3v) is 4.75. The average molecular weight is 459 g/mol. The molecule has 0 aromatic heterocycles. The maximum Gasteiger partial charge on any atom is 0.255 e. The first-order chi connectivity index (χ1) is 13.4. The summed E-state index contributed by atoms with van der Waals surface area (Å²) >= 11 is 9.29. The minimum absolute atomic E-state index is 0.174. The van der Waals surface area contributed by atoms with Crippen molar-refractivity contribution in [1.82, 2.24) is 0 Å². The lowest BCUT2D eigenvalue weighted by Crippen LogP contribution is -2.24. The number of rotatable bonds is 6. The predicted octanol–water partition coefficient (Wildman–Crippen LogP) is 6.01. The molecule has 1 N–H and O–H groups in total. The molecule has 0 saturated carbocycles. The molecule has 0 radical (unpaired) electrons. The van der Waals surface area contributed by atoms with Crippen molar-refractivity contribution in [2.45, 2.75) is 13.0 Å². The Labute approximate surface area is 176 Å². The predicted molar refractivity (Wildman–Crippen MR) is 114 cm³/mol. The van der Waals surface area contributed by atoms with Gasteiger partial charge in [-0.1, -0.05) is 45.7 Å². The Morgan fingerprint density at radius 3 is 2.39 bits per heavy atom. The zero-order chi connectivity index (χ0) is 20.1. The molecule has 3 rings (SSSR count). The van der Waals surface area contributed by atoms with Gasteiger partial charge in [0.2, 0.25) is 5.78 Å². The van der Waals surface area contributed by atoms with E-state index in [-0.39, 0.29) is 11.7 Å². The smallest absolute Gasteiger partial charge is 0.255 e. The highest BCUT2D eigenvalue weighted by molar-refractivity contribution is 9.10. The Bertz CT molecular complexity index is 1000. The highest BCUT2D eigenvalue weighted by Gasteiger charge is 2.17. The number of Topliss-reactive ketones (excluding diaryl/α,β-unsaturated/α-hetero) is 1. The van der Waals surface area contributed by atoms with Crippen LogP contribution in [-0.4, -0.2) is 17.8 Å². The number of carbonyl (C=O) groups excluding carboxylic acids is 2. The third-order valence-electron chi connectivity index (χ3n) is 3.99. The number of hydrogen-bond acceptors (Lipinski definition) is 3. The van der Waals surface area contributed by atoms with Crippen LogP contribution >= 0.6 is 27.5 Å². The Hall–Kier alpha value is -2.63. The number of anilines is 1. The van der Waals surface area contributed by atoms with Gasteiger partial charge in [-0.25, -0.2) is 0 Å². The minimum atomic E-state index is -0.698. The van der Waals surface area contributed by atoms with Gasteiger partial charge in [-0.2, -0.15) is 0 Å². The first kappa shape index (κ1) is 20.1. The summed E-state index contributed by atoms with van der Waals surface area (Å²) in [7, 11) is 0. The topological polar surface area (TPSA) is 55.4 Å². The molecule has 3 aromatic carbocycles. The number of ketones is 1. The average Bonchev–Trinajstić information content (AvgIpc) is 2.68. The van der Waals surface area contributed by atoms with Crippen molar-refractivity contribution in [2.24, 2.45) is 0 Å². The molecule has 0 aliphatic rings. The molecule has 1 atom stereocenters. The van der Waals surface area contributed by atoms with E-state index in [1.54, 1.807) is 79.7 Å². The van der Waals surface area contributed by atoms with E-state index in [2.05, 4.69) is 21.2 Å². The highest BCUT2D eigenvalue weighted by Crippen LogP contribution is 2.21. The number of carbonyl (C=O) groups is 2. The van der Waals surface area contributed by atoms with Crippen LogP contribution in [0.1, 0.15) is 27.6 Å². The van der Waals surface area contributed by atoms with Gasteiger partial charge in [-0.05, 0) is 55.5 Å². The summed E-state index contributed by atoms with van der Waals surface area (Å²) < 4.78 is 6.66. The molecule has 6 heteroatoms. The van der Waals surface area contributed by atoms with E-state index in [4.69, 9.17) is 16.3 Å². The van der Waals surface area contributed by atoms with Gasteiger partial charge in [0, 0.05) is 32.4 Å². The van der Waals surface area contributed by atoms with E-state index >= 15 is 0 Å². The van der Waals surface area contributed by atoms with Crippen molar-refractivity contribution in [3.05, 3.63) is 93.4 Å². The maximum absolute atomic E-state index is 12.5. The molecule has 0 fully saturated rings. The molecule has 0 saturated heterocycles. The molecule has 1 amide bonds. The summed E-state index contributed by atoms with van der Waals surface area (Å²) in [6.07, 6.45) is -0.698. The summed E-state index contributed by atoms with van der Waals surface area (Å²) in [6, 6.07) is 20.7. The van der Waals surface area contributed by atoms with Crippen molar-refractivity contribution in [3.8, 4) is 5.75 Å². The normalized spacial score (nSPS) is 11.5. The van der Waals surface area contributed by atoms with Crippen LogP contribution in [0.2, 0.25) is 5.02 Å². The number of ether oxygens (including phenoxy) is 1. The number of hydrogen-bond donors (Lipinski definition) is 1. The summed E-state index contributed by atoms with van der Waals surface area (Å²) in [4.78, 5) is 24.9. The summed E-state index contributed by atoms with van der Waals surface area (Å²) in [6.45, 7) is 1.68. The molecule has 0 bridgehead atoms. The number of amides is 1. The van der Waals surface area contributed by atoms with Crippen LogP contribution in [0.15, 0.2) is 77.3 Å². The molecule has 4 nitrogen and oxygen atoms in total. The van der Waals surface area contributed by atoms with Crippen molar-refractivity contribution in [2.75, 3.05) is 5.32 Å². The molecule has 0 spiro atoms. The standard InChI is InChI=1S/C22H17BrClNO3/c1-14(21(26)16-4-2-5-18(24)12-16)28-20-7-3-6-19(13-20)25-22(27)15-8-10-17(23)11-9-15/h2-14H,1H3,(H,25,27). The molecule has 0 aliphatic carbocycles. The Kier molecular flexibility index (Phi) is 6.49. The molecule has 142 valence electrons. The van der Waals surface area contributed by atoms with Gasteiger partial charge < -0.3 is 10.1 Å². The Morgan fingerprint density at radius 1 is 0.964 bits per heavy atom. The largest absolute Gasteiger partial charge is 0.482 e. The number of halogens is 2. The molecule has 28 heavy (non-hydrogen) atoms. The lowest BCUT2D eigenvalue weighted by atomic mass is 10.1. The van der Waals surface area contributed by atoms with Gasteiger partial charge in [0.05, 0.1) is 0 Å². The van der Waals surface area contributed by atoms with E-state index in [1.807, 2.05) is 0 Å². The van der Waals surface area contributed by atoms with Crippen molar-refractivity contribution in [1.29, 1.82) is 0 Å². The zero-order valence-electron chi connectivity index (χ0n) is 15.0. The molecular weight excluding hydrogens is 442 g/mol. The first-order valence-corrected chi connectivity index (χ1v) is 9.73. The van der Waals surface area contributed by atoms with Crippen LogP contribution in [0.5, 0.6) is 5.75 Å². The number of benzene rings is 3. The lowest BCUT2D eigenvalue weighted by molar-refractivity contribution is 0.0818. The summed E-state index contributed by atoms with van der Waals surface area (Å²) in [5.41, 5.74) is 1.60. The van der Waals surface area contributed by atoms with Gasteiger partial charge in [0.15, 0.2) is 6.10 Å². The second kappa shape index (κ2) is 9.04. The fourth-order valence-corrected chi connectivity index (χ4v) is 3.04. The van der Waals surface area contributed by atoms with Gasteiger partial charge in [-0.15, -0.1) is 0 Å². The zero-order valence-corrected chi connectivity index (χ0v) is 17.3. The third kappa shape index (κ3) is 5.21. The SMILES string of the molecule is CC(Oc1cccc(NC(=O)c2ccc(Br)cc2)c1)C(=O)c1cccc(Cl)c1. The fourth-order valence-electron chi connectivity index (χ4n) is 2.59. The Balaban J connectivity index is 1.68. The fraction of sp³-hybridized carbons (Fsp3) is 0.0909. The maximum atomic E-state index is 12.5. The molecule has 3 aromatic rings. The van der Waals surface area contributed by atoms with Crippen LogP contribution in [0.25, 0.3) is 0 Å². The van der Waals surface area contributed by atoms with Crippen LogP contribution in [0, 0.1) is 0 Å². The second-order valence-corrected chi connectivity index (χ2v) is 7.48. The minimum Gasteiger partial charge on any atom is -0.482 e. The van der Waals surface area contributed by atoms with Crippen LogP contribution in [0.3, 0.4) is 0 Å². The van der Waals surface area contributed by atoms with Crippen molar-refractivity contribution in [3.63, 3.8) is 0 Å². The van der Waals surface area contributed by atoms with E-state index in [9.17, 15) is 9.59 Å². The van der Waals surface area contributed by atoms with E-state index in [0.29, 0.717) is 27.6 Å². The van der Waals surface area contributed by atoms with Gasteiger partial charge in [-0.3, -0.25) is 9.59 Å². The molecule has 0 aliphatic heterocycles. The van der Waals surface area contributed by atoms with Crippen LogP contribution in [-0.2, 0) is 0 Å². The van der Waals surface area contributed by atoms with Gasteiger partial charge in [0.1, 0.15) is 5.75 Å². The summed E-state index contributed by atoms with van der Waals surface area (Å²) in [5.74, 6) is 0.0796. The molecular formula is C22H17BrClNO3. The lowest BCUT2D eigenvalue weighted by Gasteiger charge is -2.15. The quantitative estimate of drug-likeness (QED) is 0.461. The molecule has 0 heterocycles. The van der Waals surface area contributed by atoms with Gasteiger partial charge in [0.25, 0.3) is 5.91 Å².